The number of hydrogen-bond donors (Lipinski definition) is 1. The average Bonchev–Trinajstić information content (AvgIpc) is 2.65. The Labute approximate surface area is 88.2 Å². The number of aromatic nitrogens is 2. The van der Waals surface area contributed by atoms with E-state index in [-0.39, 0.29) is 11.8 Å². The number of amides is 1. The largest absolute Gasteiger partial charge is 0.353 e. The van der Waals surface area contributed by atoms with E-state index in [2.05, 4.69) is 17.3 Å². The minimum atomic E-state index is -0.144. The van der Waals surface area contributed by atoms with Gasteiger partial charge in [-0.15, -0.1) is 11.6 Å². The van der Waals surface area contributed by atoms with Gasteiger partial charge in [0.15, 0.2) is 0 Å². The van der Waals surface area contributed by atoms with Gasteiger partial charge in [-0.1, -0.05) is 6.92 Å². The maximum absolute atomic E-state index is 10.8. The van der Waals surface area contributed by atoms with Crippen LogP contribution in [0.1, 0.15) is 12.5 Å². The Bertz CT molecular complexity index is 298. The first-order chi connectivity index (χ1) is 6.76. The molecule has 1 amide bonds. The van der Waals surface area contributed by atoms with Crippen LogP contribution in [-0.2, 0) is 17.8 Å². The minimum Gasteiger partial charge on any atom is -0.353 e. The van der Waals surface area contributed by atoms with Crippen molar-refractivity contribution in [2.75, 3.05) is 12.4 Å². The summed E-state index contributed by atoms with van der Waals surface area (Å²) in [5, 5.41) is 6.82. The molecule has 0 aromatic carbocycles. The van der Waals surface area contributed by atoms with E-state index in [0.29, 0.717) is 13.1 Å². The molecule has 0 saturated carbocycles. The molecule has 0 aliphatic carbocycles. The number of hydrogen-bond acceptors (Lipinski definition) is 2. The summed E-state index contributed by atoms with van der Waals surface area (Å²) in [6, 6.07) is 0. The van der Waals surface area contributed by atoms with E-state index in [4.69, 9.17) is 11.6 Å². The van der Waals surface area contributed by atoms with E-state index in [1.807, 2.05) is 17.1 Å². The van der Waals surface area contributed by atoms with Crippen LogP contribution in [0.4, 0.5) is 0 Å². The lowest BCUT2D eigenvalue weighted by Gasteiger charge is -2.02. The molecule has 0 radical (unpaired) electrons. The van der Waals surface area contributed by atoms with E-state index in [1.165, 1.54) is 5.56 Å². The average molecular weight is 216 g/mol. The number of nitrogens with one attached hydrogen (secondary N) is 1. The van der Waals surface area contributed by atoms with Crippen molar-refractivity contribution in [3.8, 4) is 0 Å². The second-order valence-corrected chi connectivity index (χ2v) is 3.22. The Morgan fingerprint density at radius 3 is 3.07 bits per heavy atom. The summed E-state index contributed by atoms with van der Waals surface area (Å²) in [5.74, 6) is -0.131. The van der Waals surface area contributed by atoms with Crippen molar-refractivity contribution in [3.05, 3.63) is 18.0 Å². The quantitative estimate of drug-likeness (QED) is 0.739. The first kappa shape index (κ1) is 11.0. The third-order valence-electron chi connectivity index (χ3n) is 1.88. The molecule has 0 aliphatic rings. The van der Waals surface area contributed by atoms with Crippen LogP contribution in [0.15, 0.2) is 12.4 Å². The number of rotatable bonds is 5. The zero-order valence-corrected chi connectivity index (χ0v) is 8.92. The monoisotopic (exact) mass is 215 g/mol. The van der Waals surface area contributed by atoms with E-state index < -0.39 is 0 Å². The molecule has 0 unspecified atom stereocenters. The first-order valence-corrected chi connectivity index (χ1v) is 5.13. The fourth-order valence-corrected chi connectivity index (χ4v) is 1.16. The van der Waals surface area contributed by atoms with Gasteiger partial charge < -0.3 is 5.32 Å². The van der Waals surface area contributed by atoms with E-state index in [9.17, 15) is 4.79 Å². The number of carbonyl (C=O) groups excluding carboxylic acids is 1. The number of aryl methyl sites for hydroxylation is 1. The van der Waals surface area contributed by atoms with Crippen LogP contribution in [0.25, 0.3) is 0 Å². The highest BCUT2D eigenvalue weighted by atomic mass is 35.5. The fraction of sp³-hybridized carbons (Fsp3) is 0.556. The molecule has 0 atom stereocenters. The standard InChI is InChI=1S/C9H14ClN3O/c1-2-8-6-12-13(7-8)4-3-11-9(14)5-10/h6-7H,2-5H2,1H3,(H,11,14). The highest BCUT2D eigenvalue weighted by molar-refractivity contribution is 6.27. The molecule has 78 valence electrons. The van der Waals surface area contributed by atoms with E-state index in [1.54, 1.807) is 0 Å². The summed E-state index contributed by atoms with van der Waals surface area (Å²) in [4.78, 5) is 10.8. The summed E-state index contributed by atoms with van der Waals surface area (Å²) < 4.78 is 1.81. The van der Waals surface area contributed by atoms with Gasteiger partial charge in [0.05, 0.1) is 12.7 Å². The highest BCUT2D eigenvalue weighted by Gasteiger charge is 1.98. The van der Waals surface area contributed by atoms with Crippen LogP contribution in [0, 0.1) is 0 Å². The van der Waals surface area contributed by atoms with Gasteiger partial charge in [-0.2, -0.15) is 5.10 Å². The molecule has 14 heavy (non-hydrogen) atoms. The lowest BCUT2D eigenvalue weighted by Crippen LogP contribution is -2.28. The molecule has 0 saturated heterocycles. The molecular weight excluding hydrogens is 202 g/mol. The molecule has 4 nitrogen and oxygen atoms in total. The van der Waals surface area contributed by atoms with Crippen molar-refractivity contribution in [2.24, 2.45) is 0 Å². The predicted molar refractivity (Wildman–Crippen MR) is 55.3 cm³/mol. The molecule has 1 aromatic rings. The molecule has 0 aliphatic heterocycles. The maximum atomic E-state index is 10.8. The van der Waals surface area contributed by atoms with Crippen LogP contribution >= 0.6 is 11.6 Å². The van der Waals surface area contributed by atoms with Gasteiger partial charge in [-0.25, -0.2) is 0 Å². The molecule has 1 aromatic heterocycles. The number of nitrogens with zero attached hydrogens (tertiary/aromatic N) is 2. The predicted octanol–water partition coefficient (Wildman–Crippen LogP) is 0.800. The van der Waals surface area contributed by atoms with Gasteiger partial charge in [0, 0.05) is 12.7 Å². The maximum Gasteiger partial charge on any atom is 0.234 e. The van der Waals surface area contributed by atoms with E-state index >= 15 is 0 Å². The number of halogens is 1. The molecule has 0 bridgehead atoms. The molecule has 5 heteroatoms. The van der Waals surface area contributed by atoms with Crippen molar-refractivity contribution >= 4 is 17.5 Å². The normalized spacial score (nSPS) is 10.1. The molecule has 1 heterocycles. The van der Waals surface area contributed by atoms with Gasteiger partial charge >= 0.3 is 0 Å². The lowest BCUT2D eigenvalue weighted by molar-refractivity contribution is -0.118. The third-order valence-corrected chi connectivity index (χ3v) is 2.12. The van der Waals surface area contributed by atoms with Crippen molar-refractivity contribution in [1.29, 1.82) is 0 Å². The third kappa shape index (κ3) is 3.38. The first-order valence-electron chi connectivity index (χ1n) is 4.60. The highest BCUT2D eigenvalue weighted by Crippen LogP contribution is 1.97. The lowest BCUT2D eigenvalue weighted by atomic mass is 10.3. The molecular formula is C9H14ClN3O. The van der Waals surface area contributed by atoms with Crippen LogP contribution in [0.3, 0.4) is 0 Å². The van der Waals surface area contributed by atoms with Crippen molar-refractivity contribution < 1.29 is 4.79 Å². The van der Waals surface area contributed by atoms with Crippen molar-refractivity contribution in [1.82, 2.24) is 15.1 Å². The van der Waals surface area contributed by atoms with Crippen molar-refractivity contribution in [2.45, 2.75) is 19.9 Å². The Hall–Kier alpha value is -1.03. The Morgan fingerprint density at radius 1 is 1.71 bits per heavy atom. The van der Waals surface area contributed by atoms with Gasteiger partial charge in [-0.3, -0.25) is 9.48 Å². The summed E-state index contributed by atoms with van der Waals surface area (Å²) in [7, 11) is 0. The topological polar surface area (TPSA) is 46.9 Å². The Kier molecular flexibility index (Phi) is 4.46. The summed E-state index contributed by atoms with van der Waals surface area (Å²) in [6.07, 6.45) is 4.80. The molecule has 1 rings (SSSR count). The number of carbonyl (C=O) groups is 1. The smallest absolute Gasteiger partial charge is 0.234 e. The van der Waals surface area contributed by atoms with Crippen LogP contribution in [-0.4, -0.2) is 28.1 Å². The van der Waals surface area contributed by atoms with Crippen LogP contribution in [0.2, 0.25) is 0 Å². The summed E-state index contributed by atoms with van der Waals surface area (Å²) in [6.45, 7) is 3.33. The SMILES string of the molecule is CCc1cnn(CCNC(=O)CCl)c1. The Balaban J connectivity index is 2.27. The molecule has 0 spiro atoms. The Morgan fingerprint density at radius 2 is 2.50 bits per heavy atom. The van der Waals surface area contributed by atoms with Crippen molar-refractivity contribution in [3.63, 3.8) is 0 Å². The summed E-state index contributed by atoms with van der Waals surface area (Å²) >= 11 is 5.33. The van der Waals surface area contributed by atoms with Gasteiger partial charge in [-0.05, 0) is 12.0 Å². The minimum absolute atomic E-state index is 0.0132. The van der Waals surface area contributed by atoms with Crippen LogP contribution < -0.4 is 5.32 Å². The zero-order chi connectivity index (χ0) is 10.4. The molecule has 1 N–H and O–H groups in total. The van der Waals surface area contributed by atoms with Crippen LogP contribution in [0.5, 0.6) is 0 Å². The van der Waals surface area contributed by atoms with Gasteiger partial charge in [0.1, 0.15) is 5.88 Å². The molecule has 0 fully saturated rings. The summed E-state index contributed by atoms with van der Waals surface area (Å²) in [5.41, 5.74) is 1.20. The second kappa shape index (κ2) is 5.65. The number of alkyl halides is 1. The van der Waals surface area contributed by atoms with Gasteiger partial charge in [0.2, 0.25) is 5.91 Å². The van der Waals surface area contributed by atoms with Gasteiger partial charge in [0.25, 0.3) is 0 Å². The second-order valence-electron chi connectivity index (χ2n) is 2.95. The zero-order valence-electron chi connectivity index (χ0n) is 8.16. The van der Waals surface area contributed by atoms with E-state index in [0.717, 1.165) is 6.42 Å². The fourth-order valence-electron chi connectivity index (χ4n) is 1.07.